The molecule has 144 valence electrons. The number of nitrogens with zero attached hydrogens (tertiary/aromatic N) is 2. The van der Waals surface area contributed by atoms with E-state index < -0.39 is 10.0 Å². The van der Waals surface area contributed by atoms with Crippen molar-refractivity contribution in [2.24, 2.45) is 0 Å². The Morgan fingerprint density at radius 2 is 1.65 bits per heavy atom. The van der Waals surface area contributed by atoms with Gasteiger partial charge in [0, 0.05) is 32.7 Å². The predicted octanol–water partition coefficient (Wildman–Crippen LogP) is 2.06. The Kier molecular flexibility index (Phi) is 6.77. The summed E-state index contributed by atoms with van der Waals surface area (Å²) in [5.41, 5.74) is 0.521. The zero-order valence-corrected chi connectivity index (χ0v) is 16.4. The topological polar surface area (TPSA) is 86.8 Å². The van der Waals surface area contributed by atoms with Crippen LogP contribution >= 0.6 is 0 Å². The minimum absolute atomic E-state index is 0.0854. The van der Waals surface area contributed by atoms with E-state index in [1.165, 1.54) is 44.7 Å². The highest BCUT2D eigenvalue weighted by molar-refractivity contribution is 7.89. The SMILES string of the molecule is CC(=O)Nc1ccc(S(=O)(=O)N(C)CC(=O)N(C)C2CCCCC2)cc1. The van der Waals surface area contributed by atoms with Gasteiger partial charge >= 0.3 is 0 Å². The second-order valence-electron chi connectivity index (χ2n) is 6.76. The number of rotatable bonds is 6. The van der Waals surface area contributed by atoms with E-state index in [1.807, 2.05) is 0 Å². The zero-order valence-electron chi connectivity index (χ0n) is 15.6. The normalized spacial score (nSPS) is 15.7. The van der Waals surface area contributed by atoms with Crippen molar-refractivity contribution in [2.45, 2.75) is 50.0 Å². The molecule has 1 aliphatic carbocycles. The smallest absolute Gasteiger partial charge is 0.243 e. The number of benzene rings is 1. The summed E-state index contributed by atoms with van der Waals surface area (Å²) < 4.78 is 26.4. The van der Waals surface area contributed by atoms with Crippen molar-refractivity contribution in [3.8, 4) is 0 Å². The van der Waals surface area contributed by atoms with Crippen molar-refractivity contribution in [3.63, 3.8) is 0 Å². The van der Waals surface area contributed by atoms with E-state index in [-0.39, 0.29) is 29.3 Å². The number of carbonyl (C=O) groups excluding carboxylic acids is 2. The zero-order chi connectivity index (χ0) is 19.3. The third kappa shape index (κ3) is 5.04. The fourth-order valence-corrected chi connectivity index (χ4v) is 4.27. The average Bonchev–Trinajstić information content (AvgIpc) is 2.61. The third-order valence-corrected chi connectivity index (χ3v) is 6.57. The molecule has 1 aromatic carbocycles. The second-order valence-corrected chi connectivity index (χ2v) is 8.81. The van der Waals surface area contributed by atoms with Crippen LogP contribution in [-0.4, -0.2) is 56.1 Å². The lowest BCUT2D eigenvalue weighted by Gasteiger charge is -2.32. The number of hydrogen-bond donors (Lipinski definition) is 1. The van der Waals surface area contributed by atoms with Gasteiger partial charge in [0.25, 0.3) is 0 Å². The fraction of sp³-hybridized carbons (Fsp3) is 0.556. The molecule has 7 nitrogen and oxygen atoms in total. The van der Waals surface area contributed by atoms with Gasteiger partial charge in [0.2, 0.25) is 21.8 Å². The van der Waals surface area contributed by atoms with Gasteiger partial charge in [-0.3, -0.25) is 9.59 Å². The largest absolute Gasteiger partial charge is 0.342 e. The van der Waals surface area contributed by atoms with E-state index >= 15 is 0 Å². The number of amides is 2. The highest BCUT2D eigenvalue weighted by atomic mass is 32.2. The summed E-state index contributed by atoms with van der Waals surface area (Å²) in [4.78, 5) is 25.3. The summed E-state index contributed by atoms with van der Waals surface area (Å²) in [5.74, 6) is -0.424. The van der Waals surface area contributed by atoms with Crippen LogP contribution in [0.25, 0.3) is 0 Å². The lowest BCUT2D eigenvalue weighted by molar-refractivity contribution is -0.132. The van der Waals surface area contributed by atoms with Gasteiger partial charge in [-0.2, -0.15) is 4.31 Å². The first-order valence-corrected chi connectivity index (χ1v) is 10.3. The van der Waals surface area contributed by atoms with E-state index in [2.05, 4.69) is 5.32 Å². The van der Waals surface area contributed by atoms with E-state index in [0.29, 0.717) is 5.69 Å². The van der Waals surface area contributed by atoms with Gasteiger partial charge in [-0.25, -0.2) is 8.42 Å². The Labute approximate surface area is 155 Å². The van der Waals surface area contributed by atoms with Crippen LogP contribution < -0.4 is 5.32 Å². The predicted molar refractivity (Wildman–Crippen MR) is 100 cm³/mol. The summed E-state index contributed by atoms with van der Waals surface area (Å²) in [6.07, 6.45) is 5.36. The van der Waals surface area contributed by atoms with Crippen LogP contribution in [0.5, 0.6) is 0 Å². The number of anilines is 1. The van der Waals surface area contributed by atoms with Crippen LogP contribution in [0.3, 0.4) is 0 Å². The lowest BCUT2D eigenvalue weighted by Crippen LogP contribution is -2.44. The monoisotopic (exact) mass is 381 g/mol. The van der Waals surface area contributed by atoms with Crippen molar-refractivity contribution in [1.82, 2.24) is 9.21 Å². The summed E-state index contributed by atoms with van der Waals surface area (Å²) in [6.45, 7) is 1.19. The summed E-state index contributed by atoms with van der Waals surface area (Å²) in [7, 11) is -0.613. The maximum Gasteiger partial charge on any atom is 0.243 e. The number of nitrogens with one attached hydrogen (secondary N) is 1. The van der Waals surface area contributed by atoms with Crippen LogP contribution in [0.4, 0.5) is 5.69 Å². The van der Waals surface area contributed by atoms with E-state index in [4.69, 9.17) is 0 Å². The molecule has 1 aliphatic rings. The van der Waals surface area contributed by atoms with Crippen molar-refractivity contribution in [2.75, 3.05) is 26.0 Å². The Balaban J connectivity index is 2.03. The molecule has 1 fully saturated rings. The van der Waals surface area contributed by atoms with Gasteiger partial charge in [0.1, 0.15) is 0 Å². The van der Waals surface area contributed by atoms with E-state index in [0.717, 1.165) is 30.0 Å². The molecule has 0 aromatic heterocycles. The molecular formula is C18H27N3O4S. The Morgan fingerprint density at radius 3 is 2.19 bits per heavy atom. The van der Waals surface area contributed by atoms with E-state index in [9.17, 15) is 18.0 Å². The second kappa shape index (κ2) is 8.64. The molecule has 1 saturated carbocycles. The molecule has 0 bridgehead atoms. The van der Waals surface area contributed by atoms with E-state index in [1.54, 1.807) is 11.9 Å². The van der Waals surface area contributed by atoms with Crippen LogP contribution in [0.15, 0.2) is 29.2 Å². The van der Waals surface area contributed by atoms with Gasteiger partial charge < -0.3 is 10.2 Å². The van der Waals surface area contributed by atoms with Crippen LogP contribution in [0, 0.1) is 0 Å². The van der Waals surface area contributed by atoms with Gasteiger partial charge in [-0.15, -0.1) is 0 Å². The third-order valence-electron chi connectivity index (χ3n) is 4.76. The highest BCUT2D eigenvalue weighted by Crippen LogP contribution is 2.22. The van der Waals surface area contributed by atoms with Crippen LogP contribution in [-0.2, 0) is 19.6 Å². The number of carbonyl (C=O) groups is 2. The van der Waals surface area contributed by atoms with Crippen molar-refractivity contribution in [3.05, 3.63) is 24.3 Å². The van der Waals surface area contributed by atoms with Crippen molar-refractivity contribution in [1.29, 1.82) is 0 Å². The minimum Gasteiger partial charge on any atom is -0.342 e. The highest BCUT2D eigenvalue weighted by Gasteiger charge is 2.27. The fourth-order valence-electron chi connectivity index (χ4n) is 3.15. The Hall–Kier alpha value is -1.93. The molecule has 0 aliphatic heterocycles. The maximum atomic E-state index is 12.7. The molecule has 8 heteroatoms. The standard InChI is InChI=1S/C18H27N3O4S/c1-14(22)19-15-9-11-17(12-10-15)26(24,25)20(2)13-18(23)21(3)16-7-5-4-6-8-16/h9-12,16H,4-8,13H2,1-3H3,(H,19,22). The average molecular weight is 381 g/mol. The summed E-state index contributed by atoms with van der Waals surface area (Å²) in [6, 6.07) is 6.10. The molecule has 0 saturated heterocycles. The maximum absolute atomic E-state index is 12.7. The van der Waals surface area contributed by atoms with Crippen LogP contribution in [0.1, 0.15) is 39.0 Å². The number of hydrogen-bond acceptors (Lipinski definition) is 4. The molecule has 0 heterocycles. The Bertz CT molecular complexity index is 740. The molecule has 2 amide bonds. The van der Waals surface area contributed by atoms with Gasteiger partial charge in [0.05, 0.1) is 11.4 Å². The molecule has 0 unspecified atom stereocenters. The van der Waals surface area contributed by atoms with Crippen LogP contribution in [0.2, 0.25) is 0 Å². The first-order valence-electron chi connectivity index (χ1n) is 8.81. The molecule has 1 N–H and O–H groups in total. The van der Waals surface area contributed by atoms with Crippen molar-refractivity contribution >= 4 is 27.5 Å². The molecule has 0 spiro atoms. The first kappa shape index (κ1) is 20.4. The van der Waals surface area contributed by atoms with Gasteiger partial charge in [-0.05, 0) is 37.1 Å². The first-order chi connectivity index (χ1) is 12.2. The van der Waals surface area contributed by atoms with Crippen molar-refractivity contribution < 1.29 is 18.0 Å². The molecule has 0 atom stereocenters. The van der Waals surface area contributed by atoms with Gasteiger partial charge in [0.15, 0.2) is 0 Å². The number of likely N-dealkylation sites (N-methyl/N-ethyl adjacent to an activating group) is 2. The molecule has 26 heavy (non-hydrogen) atoms. The molecule has 0 radical (unpaired) electrons. The lowest BCUT2D eigenvalue weighted by atomic mass is 9.94. The van der Waals surface area contributed by atoms with Gasteiger partial charge in [-0.1, -0.05) is 19.3 Å². The molecule has 1 aromatic rings. The number of sulfonamides is 1. The summed E-state index contributed by atoms with van der Waals surface area (Å²) >= 11 is 0. The molecule has 2 rings (SSSR count). The molecular weight excluding hydrogens is 354 g/mol. The Morgan fingerprint density at radius 1 is 1.08 bits per heavy atom. The quantitative estimate of drug-likeness (QED) is 0.817. The minimum atomic E-state index is -3.77. The summed E-state index contributed by atoms with van der Waals surface area (Å²) in [5, 5.41) is 2.59.